The SMILES string of the molecule is CC(C)(C)CN1CC[C@H](C(=O)Nc2ccc(Oc3cc(C(F)(F)F)cc(C(F)(F)F)c3)cc2)[C@@H](C(=O)NO)C1. The van der Waals surface area contributed by atoms with Crippen LogP contribution in [0.3, 0.4) is 0 Å². The number of nitrogens with zero attached hydrogens (tertiary/aromatic N) is 1. The zero-order valence-electron chi connectivity index (χ0n) is 21.4. The average molecular weight is 562 g/mol. The van der Waals surface area contributed by atoms with Gasteiger partial charge in [0, 0.05) is 18.8 Å². The van der Waals surface area contributed by atoms with Gasteiger partial charge in [-0.25, -0.2) is 5.48 Å². The summed E-state index contributed by atoms with van der Waals surface area (Å²) in [5.41, 5.74) is -1.16. The van der Waals surface area contributed by atoms with Gasteiger partial charge in [0.15, 0.2) is 0 Å². The molecule has 0 radical (unpaired) electrons. The molecule has 1 aliphatic heterocycles. The van der Waals surface area contributed by atoms with Crippen LogP contribution in [-0.2, 0) is 21.9 Å². The number of hydrogen-bond acceptors (Lipinski definition) is 5. The smallest absolute Gasteiger partial charge is 0.416 e. The van der Waals surface area contributed by atoms with Gasteiger partial charge in [0.1, 0.15) is 11.5 Å². The maximum Gasteiger partial charge on any atom is 0.416 e. The highest BCUT2D eigenvalue weighted by molar-refractivity contribution is 5.96. The molecule has 0 saturated carbocycles. The summed E-state index contributed by atoms with van der Waals surface area (Å²) in [7, 11) is 0. The second kappa shape index (κ2) is 11.4. The summed E-state index contributed by atoms with van der Waals surface area (Å²) in [5, 5.41) is 11.8. The summed E-state index contributed by atoms with van der Waals surface area (Å²) < 4.78 is 83.8. The number of ether oxygens (including phenoxy) is 1. The van der Waals surface area contributed by atoms with Crippen LogP contribution in [0.2, 0.25) is 0 Å². The zero-order valence-corrected chi connectivity index (χ0v) is 21.4. The number of nitrogens with one attached hydrogen (secondary N) is 2. The van der Waals surface area contributed by atoms with Gasteiger partial charge in [-0.15, -0.1) is 0 Å². The van der Waals surface area contributed by atoms with Crippen molar-refractivity contribution in [1.29, 1.82) is 0 Å². The van der Waals surface area contributed by atoms with Gasteiger partial charge >= 0.3 is 12.4 Å². The second-order valence-corrected chi connectivity index (χ2v) is 10.6. The minimum absolute atomic E-state index is 0.00339. The number of rotatable bonds is 6. The van der Waals surface area contributed by atoms with Crippen LogP contribution in [0.1, 0.15) is 38.3 Å². The lowest BCUT2D eigenvalue weighted by Crippen LogP contribution is -2.51. The molecular formula is C26H29F6N3O4. The topological polar surface area (TPSA) is 90.9 Å². The number of halogens is 6. The van der Waals surface area contributed by atoms with Gasteiger partial charge in [0.05, 0.1) is 23.0 Å². The fraction of sp³-hybridized carbons (Fsp3) is 0.462. The number of alkyl halides is 6. The van der Waals surface area contributed by atoms with Gasteiger partial charge in [-0.1, -0.05) is 20.8 Å². The standard InChI is InChI=1S/C26H29F6N3O4/c1-24(2,3)14-35-9-8-20(21(13-35)23(37)34-38)22(36)33-17-4-6-18(7-5-17)39-19-11-15(25(27,28)29)10-16(12-19)26(30,31)32/h4-7,10-12,20-21,38H,8-9,13-14H2,1-3H3,(H,33,36)(H,34,37)/t20-,21-/m0/s1. The first-order valence-corrected chi connectivity index (χ1v) is 12.0. The second-order valence-electron chi connectivity index (χ2n) is 10.6. The third-order valence-electron chi connectivity index (χ3n) is 6.10. The molecule has 0 aromatic heterocycles. The molecule has 1 aliphatic rings. The Balaban J connectivity index is 1.72. The summed E-state index contributed by atoms with van der Waals surface area (Å²) in [5.74, 6) is -3.42. The van der Waals surface area contributed by atoms with Crippen LogP contribution in [0.4, 0.5) is 32.0 Å². The molecule has 0 spiro atoms. The normalized spacial score (nSPS) is 18.9. The molecule has 2 amide bonds. The van der Waals surface area contributed by atoms with E-state index in [1.807, 2.05) is 25.7 Å². The monoisotopic (exact) mass is 561 g/mol. The van der Waals surface area contributed by atoms with Crippen LogP contribution in [-0.4, -0.2) is 41.6 Å². The number of amides is 2. The predicted octanol–water partition coefficient (Wildman–Crippen LogP) is 5.94. The largest absolute Gasteiger partial charge is 0.457 e. The number of likely N-dealkylation sites (tertiary alicyclic amines) is 1. The first-order valence-electron chi connectivity index (χ1n) is 12.0. The van der Waals surface area contributed by atoms with E-state index in [9.17, 15) is 41.1 Å². The Labute approximate surface area is 221 Å². The van der Waals surface area contributed by atoms with Crippen molar-refractivity contribution < 1.29 is 45.9 Å². The Morgan fingerprint density at radius 3 is 1.95 bits per heavy atom. The van der Waals surface area contributed by atoms with Crippen molar-refractivity contribution in [2.24, 2.45) is 17.3 Å². The predicted molar refractivity (Wildman–Crippen MR) is 129 cm³/mol. The summed E-state index contributed by atoms with van der Waals surface area (Å²) >= 11 is 0. The Morgan fingerprint density at radius 2 is 1.46 bits per heavy atom. The molecule has 39 heavy (non-hydrogen) atoms. The molecule has 0 aliphatic carbocycles. The van der Waals surface area contributed by atoms with Crippen molar-refractivity contribution in [3.8, 4) is 11.5 Å². The minimum atomic E-state index is -5.01. The zero-order chi connectivity index (χ0) is 29.2. The number of carbonyl (C=O) groups is 2. The van der Waals surface area contributed by atoms with Crippen LogP contribution in [0.15, 0.2) is 42.5 Å². The molecule has 1 fully saturated rings. The van der Waals surface area contributed by atoms with Gasteiger partial charge in [0.2, 0.25) is 11.8 Å². The van der Waals surface area contributed by atoms with Gasteiger partial charge in [-0.2, -0.15) is 26.3 Å². The molecule has 3 N–H and O–H groups in total. The lowest BCUT2D eigenvalue weighted by Gasteiger charge is -2.39. The summed E-state index contributed by atoms with van der Waals surface area (Å²) in [6.07, 6.45) is -9.67. The Morgan fingerprint density at radius 1 is 0.897 bits per heavy atom. The molecule has 214 valence electrons. The van der Waals surface area contributed by atoms with Crippen molar-refractivity contribution in [1.82, 2.24) is 10.4 Å². The highest BCUT2D eigenvalue weighted by Gasteiger charge is 2.40. The van der Waals surface area contributed by atoms with E-state index in [4.69, 9.17) is 4.74 Å². The molecule has 1 saturated heterocycles. The number of hydrogen-bond donors (Lipinski definition) is 3. The van der Waals surface area contributed by atoms with Crippen LogP contribution in [0.5, 0.6) is 11.5 Å². The molecule has 2 aromatic rings. The van der Waals surface area contributed by atoms with Crippen LogP contribution < -0.4 is 15.5 Å². The highest BCUT2D eigenvalue weighted by atomic mass is 19.4. The first-order chi connectivity index (χ1) is 18.0. The number of hydroxylamine groups is 1. The molecule has 2 aromatic carbocycles. The molecule has 0 unspecified atom stereocenters. The Bertz CT molecular complexity index is 1140. The van der Waals surface area contributed by atoms with Crippen molar-refractivity contribution in [3.63, 3.8) is 0 Å². The molecular weight excluding hydrogens is 532 g/mol. The fourth-order valence-corrected chi connectivity index (χ4v) is 4.46. The van der Waals surface area contributed by atoms with E-state index in [1.54, 1.807) is 5.48 Å². The maximum absolute atomic E-state index is 13.1. The maximum atomic E-state index is 13.1. The third-order valence-corrected chi connectivity index (χ3v) is 6.10. The first kappa shape index (κ1) is 30.2. The van der Waals surface area contributed by atoms with E-state index < -0.39 is 52.9 Å². The van der Waals surface area contributed by atoms with Gasteiger partial charge in [0.25, 0.3) is 0 Å². The van der Waals surface area contributed by atoms with Gasteiger partial charge in [-0.05, 0) is 60.8 Å². The number of piperidine rings is 1. The van der Waals surface area contributed by atoms with E-state index >= 15 is 0 Å². The summed E-state index contributed by atoms with van der Waals surface area (Å²) in [6.45, 7) is 7.65. The van der Waals surface area contributed by atoms with Crippen molar-refractivity contribution in [2.45, 2.75) is 39.5 Å². The van der Waals surface area contributed by atoms with Gasteiger partial charge in [-0.3, -0.25) is 14.8 Å². The van der Waals surface area contributed by atoms with Gasteiger partial charge < -0.3 is 15.0 Å². The number of benzene rings is 2. The lowest BCUT2D eigenvalue weighted by atomic mass is 9.83. The minimum Gasteiger partial charge on any atom is -0.457 e. The van der Waals surface area contributed by atoms with Crippen molar-refractivity contribution in [2.75, 3.05) is 25.0 Å². The van der Waals surface area contributed by atoms with E-state index in [0.29, 0.717) is 31.6 Å². The average Bonchev–Trinajstić information content (AvgIpc) is 2.82. The fourth-order valence-electron chi connectivity index (χ4n) is 4.46. The lowest BCUT2D eigenvalue weighted by molar-refractivity contribution is -0.143. The number of carbonyl (C=O) groups excluding carboxylic acids is 2. The number of anilines is 1. The van der Waals surface area contributed by atoms with Crippen LogP contribution in [0.25, 0.3) is 0 Å². The molecule has 0 bridgehead atoms. The molecule has 1 heterocycles. The van der Waals surface area contributed by atoms with E-state index in [0.717, 1.165) is 0 Å². The molecule has 13 heteroatoms. The third kappa shape index (κ3) is 8.33. The molecule has 3 rings (SSSR count). The summed E-state index contributed by atoms with van der Waals surface area (Å²) in [4.78, 5) is 27.4. The van der Waals surface area contributed by atoms with E-state index in [-0.39, 0.29) is 29.5 Å². The Kier molecular flexibility index (Phi) is 8.85. The van der Waals surface area contributed by atoms with E-state index in [2.05, 4.69) is 5.32 Å². The molecule has 7 nitrogen and oxygen atoms in total. The van der Waals surface area contributed by atoms with E-state index in [1.165, 1.54) is 24.3 Å². The van der Waals surface area contributed by atoms with Crippen molar-refractivity contribution in [3.05, 3.63) is 53.6 Å². The van der Waals surface area contributed by atoms with Crippen molar-refractivity contribution >= 4 is 17.5 Å². The Hall–Kier alpha value is -3.32. The van der Waals surface area contributed by atoms with Crippen LogP contribution >= 0.6 is 0 Å². The van der Waals surface area contributed by atoms with Crippen LogP contribution in [0, 0.1) is 17.3 Å². The molecule has 2 atom stereocenters. The highest BCUT2D eigenvalue weighted by Crippen LogP contribution is 2.39. The summed E-state index contributed by atoms with van der Waals surface area (Å²) in [6, 6.07) is 6.19. The quantitative estimate of drug-likeness (QED) is 0.231.